The zero-order valence-electron chi connectivity index (χ0n) is 4.84. The number of benzene rings is 1. The van der Waals surface area contributed by atoms with E-state index in [0.29, 0.717) is 0 Å². The highest BCUT2D eigenvalue weighted by Gasteiger charge is 2.00. The summed E-state index contributed by atoms with van der Waals surface area (Å²) in [5.41, 5.74) is 0. The van der Waals surface area contributed by atoms with Crippen LogP contribution in [0.2, 0.25) is 0 Å². The second-order valence-corrected chi connectivity index (χ2v) is 5.05. The summed E-state index contributed by atoms with van der Waals surface area (Å²) < 4.78 is 2.58. The van der Waals surface area contributed by atoms with E-state index in [1.165, 1.54) is 22.8 Å². The van der Waals surface area contributed by atoms with E-state index in [1.807, 2.05) is 6.07 Å². The highest BCUT2D eigenvalue weighted by molar-refractivity contribution is 14.1. The fraction of sp³-hybridized carbons (Fsp3) is 0. The van der Waals surface area contributed by atoms with E-state index in [-0.39, 0.29) is 0 Å². The largest absolute Gasteiger partial charge is 0.106 e. The normalized spacial score (nSPS) is 9.90. The molecule has 0 aliphatic carbocycles. The Morgan fingerprint density at radius 2 is 2.00 bits per heavy atom. The van der Waals surface area contributed by atoms with E-state index in [9.17, 15) is 0 Å². The molecule has 0 bridgehead atoms. The molecule has 0 spiro atoms. The quantitative estimate of drug-likeness (QED) is 0.429. The molecule has 0 atom stereocenters. The van der Waals surface area contributed by atoms with Crippen molar-refractivity contribution in [1.29, 1.82) is 0 Å². The van der Waals surface area contributed by atoms with Gasteiger partial charge in [-0.3, -0.25) is 0 Å². The standard InChI is InChI=1S/C6H4I2S2/c7-4-2-1-3-5(10-9)6(4)8/h1-3,9H. The van der Waals surface area contributed by atoms with Gasteiger partial charge in [-0.2, -0.15) is 0 Å². The Bertz CT molecular complexity index is 237. The van der Waals surface area contributed by atoms with Gasteiger partial charge in [-0.05, 0) is 57.3 Å². The van der Waals surface area contributed by atoms with Gasteiger partial charge < -0.3 is 0 Å². The molecule has 10 heavy (non-hydrogen) atoms. The van der Waals surface area contributed by atoms with Gasteiger partial charge in [-0.15, -0.1) is 11.7 Å². The molecule has 0 nitrogen and oxygen atoms in total. The molecule has 0 aromatic heterocycles. The Morgan fingerprint density at radius 3 is 2.50 bits per heavy atom. The fourth-order valence-corrected chi connectivity index (χ4v) is 3.23. The first kappa shape index (κ1) is 9.47. The van der Waals surface area contributed by atoms with Crippen molar-refractivity contribution in [3.63, 3.8) is 0 Å². The molecule has 0 amide bonds. The zero-order chi connectivity index (χ0) is 7.56. The summed E-state index contributed by atoms with van der Waals surface area (Å²) in [7, 11) is 1.49. The van der Waals surface area contributed by atoms with E-state index in [4.69, 9.17) is 0 Å². The van der Waals surface area contributed by atoms with Gasteiger partial charge in [-0.25, -0.2) is 0 Å². The van der Waals surface area contributed by atoms with Crippen LogP contribution < -0.4 is 0 Å². The Labute approximate surface area is 96.6 Å². The summed E-state index contributed by atoms with van der Waals surface area (Å²) in [6.07, 6.45) is 0. The molecule has 0 heterocycles. The van der Waals surface area contributed by atoms with Crippen LogP contribution in [0.15, 0.2) is 23.1 Å². The molecule has 1 rings (SSSR count). The van der Waals surface area contributed by atoms with Crippen molar-refractivity contribution in [1.82, 2.24) is 0 Å². The number of thiol groups is 1. The molecule has 0 aliphatic rings. The predicted molar refractivity (Wildman–Crippen MR) is 66.7 cm³/mol. The topological polar surface area (TPSA) is 0 Å². The molecule has 54 valence electrons. The van der Waals surface area contributed by atoms with Gasteiger partial charge in [0.2, 0.25) is 0 Å². The summed E-state index contributed by atoms with van der Waals surface area (Å²) in [5, 5.41) is 0. The molecule has 0 saturated carbocycles. The van der Waals surface area contributed by atoms with Crippen molar-refractivity contribution in [2.75, 3.05) is 0 Å². The fourth-order valence-electron chi connectivity index (χ4n) is 0.555. The van der Waals surface area contributed by atoms with Crippen molar-refractivity contribution >= 4 is 67.6 Å². The smallest absolute Gasteiger partial charge is 0.0408 e. The minimum absolute atomic E-state index is 1.23. The average Bonchev–Trinajstić information content (AvgIpc) is 1.95. The van der Waals surface area contributed by atoms with Crippen molar-refractivity contribution < 1.29 is 0 Å². The van der Waals surface area contributed by atoms with Crippen LogP contribution in [0.5, 0.6) is 0 Å². The molecular formula is C6H4I2S2. The zero-order valence-corrected chi connectivity index (χ0v) is 10.9. The first-order valence-electron chi connectivity index (χ1n) is 2.51. The van der Waals surface area contributed by atoms with Crippen molar-refractivity contribution in [3.05, 3.63) is 25.3 Å². The Kier molecular flexibility index (Phi) is 4.18. The van der Waals surface area contributed by atoms with Gasteiger partial charge in [0.15, 0.2) is 0 Å². The Hall–Kier alpha value is 1.38. The van der Waals surface area contributed by atoms with Crippen LogP contribution in [0.3, 0.4) is 0 Å². The third-order valence-corrected chi connectivity index (χ3v) is 5.60. The van der Waals surface area contributed by atoms with Crippen molar-refractivity contribution in [2.45, 2.75) is 4.90 Å². The lowest BCUT2D eigenvalue weighted by molar-refractivity contribution is 1.38. The van der Waals surface area contributed by atoms with Crippen molar-refractivity contribution in [3.8, 4) is 0 Å². The monoisotopic (exact) mass is 394 g/mol. The maximum Gasteiger partial charge on any atom is 0.0408 e. The minimum Gasteiger partial charge on any atom is -0.106 e. The molecular weight excluding hydrogens is 390 g/mol. The maximum atomic E-state index is 4.14. The first-order chi connectivity index (χ1) is 4.75. The number of rotatable bonds is 1. The lowest BCUT2D eigenvalue weighted by Crippen LogP contribution is -1.80. The number of hydrogen-bond donors (Lipinski definition) is 1. The SMILES string of the molecule is SSc1cccc(I)c1I. The number of hydrogen-bond acceptors (Lipinski definition) is 2. The van der Waals surface area contributed by atoms with Gasteiger partial charge in [0.25, 0.3) is 0 Å². The molecule has 0 aliphatic heterocycles. The Morgan fingerprint density at radius 1 is 1.30 bits per heavy atom. The van der Waals surface area contributed by atoms with E-state index >= 15 is 0 Å². The van der Waals surface area contributed by atoms with Gasteiger partial charge >= 0.3 is 0 Å². The minimum atomic E-state index is 1.23. The summed E-state index contributed by atoms with van der Waals surface area (Å²) in [6, 6.07) is 6.21. The lowest BCUT2D eigenvalue weighted by atomic mass is 10.4. The van der Waals surface area contributed by atoms with Crippen LogP contribution in [0.1, 0.15) is 0 Å². The maximum absolute atomic E-state index is 4.14. The first-order valence-corrected chi connectivity index (χ1v) is 6.54. The molecule has 0 saturated heterocycles. The molecule has 0 unspecified atom stereocenters. The van der Waals surface area contributed by atoms with Crippen LogP contribution >= 0.6 is 67.6 Å². The predicted octanol–water partition coefficient (Wildman–Crippen LogP) is 3.83. The van der Waals surface area contributed by atoms with E-state index in [2.05, 4.69) is 69.0 Å². The second-order valence-electron chi connectivity index (χ2n) is 1.64. The van der Waals surface area contributed by atoms with Gasteiger partial charge in [0, 0.05) is 12.0 Å². The van der Waals surface area contributed by atoms with E-state index in [1.54, 1.807) is 0 Å². The van der Waals surface area contributed by atoms with Crippen molar-refractivity contribution in [2.24, 2.45) is 0 Å². The van der Waals surface area contributed by atoms with Crippen LogP contribution in [0, 0.1) is 7.14 Å². The van der Waals surface area contributed by atoms with Gasteiger partial charge in [-0.1, -0.05) is 16.9 Å². The van der Waals surface area contributed by atoms with Crippen LogP contribution in [0.25, 0.3) is 0 Å². The lowest BCUT2D eigenvalue weighted by Gasteiger charge is -1.99. The van der Waals surface area contributed by atoms with E-state index < -0.39 is 0 Å². The summed E-state index contributed by atoms with van der Waals surface area (Å²) in [5.74, 6) is 0. The van der Waals surface area contributed by atoms with Crippen LogP contribution in [-0.4, -0.2) is 0 Å². The Balaban J connectivity index is 3.14. The van der Waals surface area contributed by atoms with Crippen LogP contribution in [-0.2, 0) is 0 Å². The highest BCUT2D eigenvalue weighted by Crippen LogP contribution is 2.29. The summed E-state index contributed by atoms with van der Waals surface area (Å²) in [4.78, 5) is 1.23. The number of halogens is 2. The third kappa shape index (κ3) is 2.18. The molecule has 0 N–H and O–H groups in total. The van der Waals surface area contributed by atoms with Gasteiger partial charge in [0.05, 0.1) is 0 Å². The molecule has 0 fully saturated rings. The second kappa shape index (κ2) is 4.42. The molecule has 1 aromatic carbocycles. The summed E-state index contributed by atoms with van der Waals surface area (Å²) in [6.45, 7) is 0. The molecule has 1 aromatic rings. The summed E-state index contributed by atoms with van der Waals surface area (Å²) >= 11 is 8.78. The third-order valence-electron chi connectivity index (χ3n) is 1.01. The van der Waals surface area contributed by atoms with Gasteiger partial charge in [0.1, 0.15) is 0 Å². The average molecular weight is 394 g/mol. The molecule has 4 heteroatoms. The highest BCUT2D eigenvalue weighted by atomic mass is 127. The van der Waals surface area contributed by atoms with Crippen LogP contribution in [0.4, 0.5) is 0 Å². The molecule has 0 radical (unpaired) electrons. The van der Waals surface area contributed by atoms with E-state index in [0.717, 1.165) is 0 Å².